The molecule has 3 aliphatic heterocycles. The zero-order valence-electron chi connectivity index (χ0n) is 19.2. The molecule has 2 saturated heterocycles. The van der Waals surface area contributed by atoms with Gasteiger partial charge >= 0.3 is 12.1 Å². The van der Waals surface area contributed by atoms with Gasteiger partial charge in [-0.1, -0.05) is 12.1 Å². The Morgan fingerprint density at radius 1 is 1.31 bits per heavy atom. The minimum Gasteiger partial charge on any atom is -0.469 e. The average molecular weight is 470 g/mol. The second-order valence-corrected chi connectivity index (χ2v) is 9.62. The number of benzene rings is 1. The number of methoxy groups -OCH3 is 1. The highest BCUT2D eigenvalue weighted by atomic mass is 16.6. The summed E-state index contributed by atoms with van der Waals surface area (Å²) in [6.07, 6.45) is 2.38. The smallest absolute Gasteiger partial charge is 0.415 e. The normalized spacial score (nSPS) is 29.5. The van der Waals surface area contributed by atoms with Gasteiger partial charge in [0.05, 0.1) is 43.7 Å². The number of hydrogen-bond acceptors (Lipinski definition) is 7. The molecule has 4 heterocycles. The van der Waals surface area contributed by atoms with Gasteiger partial charge in [0, 0.05) is 30.0 Å². The van der Waals surface area contributed by atoms with E-state index < -0.39 is 5.41 Å². The van der Waals surface area contributed by atoms with Crippen molar-refractivity contribution in [3.8, 4) is 17.2 Å². The van der Waals surface area contributed by atoms with Crippen LogP contribution in [0.2, 0.25) is 0 Å². The summed E-state index contributed by atoms with van der Waals surface area (Å²) >= 11 is 0. The quantitative estimate of drug-likeness (QED) is 0.490. The van der Waals surface area contributed by atoms with E-state index >= 15 is 0 Å². The van der Waals surface area contributed by atoms with Gasteiger partial charge in [-0.15, -0.1) is 5.01 Å². The van der Waals surface area contributed by atoms with Crippen molar-refractivity contribution in [2.75, 3.05) is 25.1 Å². The first kappa shape index (κ1) is 21.4. The second-order valence-electron chi connectivity index (χ2n) is 9.62. The monoisotopic (exact) mass is 469 g/mol. The Hall–Kier alpha value is -4.11. The summed E-state index contributed by atoms with van der Waals surface area (Å²) < 4.78 is 10.2. The predicted octanol–water partition coefficient (Wildman–Crippen LogP) is 3.11. The van der Waals surface area contributed by atoms with Crippen LogP contribution in [0, 0.1) is 29.7 Å². The minimum absolute atomic E-state index is 0.127. The Kier molecular flexibility index (Phi) is 4.72. The van der Waals surface area contributed by atoms with Gasteiger partial charge in [-0.2, -0.15) is 16.8 Å². The van der Waals surface area contributed by atoms with Gasteiger partial charge < -0.3 is 9.47 Å². The van der Waals surface area contributed by atoms with E-state index in [2.05, 4.69) is 22.1 Å². The lowest BCUT2D eigenvalue weighted by Gasteiger charge is -2.16. The number of nitrogens with zero attached hydrogens (tertiary/aromatic N) is 5. The number of ether oxygens (including phenoxy) is 2. The Morgan fingerprint density at radius 2 is 2.09 bits per heavy atom. The molecule has 1 aliphatic carbocycles. The predicted molar refractivity (Wildman–Crippen MR) is 124 cm³/mol. The van der Waals surface area contributed by atoms with E-state index in [1.165, 1.54) is 7.11 Å². The van der Waals surface area contributed by atoms with Crippen molar-refractivity contribution in [1.29, 1.82) is 5.26 Å². The first-order valence-electron chi connectivity index (χ1n) is 11.7. The van der Waals surface area contributed by atoms with E-state index in [-0.39, 0.29) is 42.5 Å². The molecule has 0 N–H and O–H groups in total. The van der Waals surface area contributed by atoms with Crippen LogP contribution in [0.4, 0.5) is 10.5 Å². The van der Waals surface area contributed by atoms with Crippen molar-refractivity contribution in [1.82, 2.24) is 9.99 Å². The SMILES string of the molecule is [C-]#[N+]N1C[C@@H]2[C@H](C1)C2(C#N)c1ccc(-c2ccc3c(c2)C[C@H]2[C@H](CCC(=O)OC)OC(=O)N32)cn1. The van der Waals surface area contributed by atoms with Crippen LogP contribution >= 0.6 is 0 Å². The van der Waals surface area contributed by atoms with Crippen molar-refractivity contribution >= 4 is 17.7 Å². The molecule has 9 nitrogen and oxygen atoms in total. The standard InChI is InChI=1S/C26H23N5O4/c1-28-30-12-18-19(13-30)26(18,14-27)23-7-4-16(11-29-23)15-3-5-20-17(9-15)10-21-22(6-8-24(32)34-2)35-25(33)31(20)21/h3-5,7,9,11,18-19,21-22H,6,8,10,12-13H2,2H3/t18-,19+,21-,22-,26?/m0/s1. The summed E-state index contributed by atoms with van der Waals surface area (Å²) in [6, 6.07) is 12.3. The fourth-order valence-corrected chi connectivity index (χ4v) is 6.17. The van der Waals surface area contributed by atoms with Crippen LogP contribution in [-0.4, -0.2) is 54.4 Å². The first-order chi connectivity index (χ1) is 17.0. The molecule has 3 fully saturated rings. The number of fused-ring (bicyclic) bond motifs is 4. The van der Waals surface area contributed by atoms with Gasteiger partial charge in [-0.3, -0.25) is 14.7 Å². The van der Waals surface area contributed by atoms with Crippen LogP contribution in [0.25, 0.3) is 16.1 Å². The number of amides is 1. The molecule has 4 aliphatic rings. The summed E-state index contributed by atoms with van der Waals surface area (Å²) in [6.45, 7) is 8.44. The Balaban J connectivity index is 1.20. The number of carbonyl (C=O) groups excluding carboxylic acids is 2. The number of pyridine rings is 1. The number of carbonyl (C=O) groups is 2. The molecule has 1 aromatic carbocycles. The molecule has 176 valence electrons. The van der Waals surface area contributed by atoms with Gasteiger partial charge in [-0.25, -0.2) is 4.79 Å². The molecular formula is C26H23N5O4. The number of anilines is 1. The van der Waals surface area contributed by atoms with E-state index in [0.29, 0.717) is 25.9 Å². The summed E-state index contributed by atoms with van der Waals surface area (Å²) in [5.41, 5.74) is 4.02. The number of hydrogen-bond donors (Lipinski definition) is 0. The maximum absolute atomic E-state index is 12.5. The third kappa shape index (κ3) is 3.08. The molecule has 6 rings (SSSR count). The zero-order chi connectivity index (χ0) is 24.3. The summed E-state index contributed by atoms with van der Waals surface area (Å²) in [5, 5.41) is 11.6. The molecule has 0 spiro atoms. The fourth-order valence-electron chi connectivity index (χ4n) is 6.17. The first-order valence-corrected chi connectivity index (χ1v) is 11.7. The van der Waals surface area contributed by atoms with Gasteiger partial charge in [-0.05, 0) is 42.2 Å². The van der Waals surface area contributed by atoms with Crippen LogP contribution in [0.5, 0.6) is 0 Å². The van der Waals surface area contributed by atoms with Crippen molar-refractivity contribution in [3.63, 3.8) is 0 Å². The van der Waals surface area contributed by atoms with Crippen molar-refractivity contribution in [3.05, 3.63) is 59.3 Å². The maximum Gasteiger partial charge on any atom is 0.415 e. The summed E-state index contributed by atoms with van der Waals surface area (Å²) in [7, 11) is 1.35. The minimum atomic E-state index is -0.581. The maximum atomic E-state index is 12.5. The summed E-state index contributed by atoms with van der Waals surface area (Å²) in [5.74, 6) is 0.0190. The van der Waals surface area contributed by atoms with Crippen LogP contribution in [0.15, 0.2) is 36.5 Å². The Bertz CT molecular complexity index is 1300. The molecule has 5 atom stereocenters. The molecule has 1 amide bonds. The van der Waals surface area contributed by atoms with Gasteiger partial charge in [0.1, 0.15) is 11.5 Å². The molecule has 2 aromatic rings. The number of esters is 1. The lowest BCUT2D eigenvalue weighted by atomic mass is 9.95. The van der Waals surface area contributed by atoms with Crippen LogP contribution < -0.4 is 4.90 Å². The second kappa shape index (κ2) is 7.71. The largest absolute Gasteiger partial charge is 0.469 e. The highest BCUT2D eigenvalue weighted by molar-refractivity contribution is 5.94. The van der Waals surface area contributed by atoms with Crippen LogP contribution in [0.3, 0.4) is 0 Å². The van der Waals surface area contributed by atoms with Gasteiger partial charge in [0.25, 0.3) is 0 Å². The number of aromatic nitrogens is 1. The van der Waals surface area contributed by atoms with E-state index in [4.69, 9.17) is 16.0 Å². The highest BCUT2D eigenvalue weighted by Crippen LogP contribution is 2.62. The average Bonchev–Trinajstić information content (AvgIpc) is 3.25. The Morgan fingerprint density at radius 3 is 2.74 bits per heavy atom. The number of rotatable bonds is 5. The third-order valence-corrected chi connectivity index (χ3v) is 8.05. The van der Waals surface area contributed by atoms with Gasteiger partial charge in [0.15, 0.2) is 0 Å². The van der Waals surface area contributed by atoms with E-state index in [0.717, 1.165) is 28.1 Å². The van der Waals surface area contributed by atoms with E-state index in [1.54, 1.807) is 16.1 Å². The van der Waals surface area contributed by atoms with Crippen LogP contribution in [0.1, 0.15) is 24.1 Å². The Labute approximate surface area is 202 Å². The molecule has 9 heteroatoms. The third-order valence-electron chi connectivity index (χ3n) is 8.05. The fraction of sp³-hybridized carbons (Fsp3) is 0.423. The molecule has 0 radical (unpaired) electrons. The summed E-state index contributed by atoms with van der Waals surface area (Å²) in [4.78, 5) is 33.9. The topological polar surface area (TPSA) is 100 Å². The number of piperidine rings is 1. The molecule has 1 aromatic heterocycles. The van der Waals surface area contributed by atoms with Crippen molar-refractivity contribution in [2.24, 2.45) is 11.8 Å². The molecular weight excluding hydrogens is 446 g/mol. The van der Waals surface area contributed by atoms with Crippen molar-refractivity contribution < 1.29 is 19.1 Å². The molecule has 1 unspecified atom stereocenters. The van der Waals surface area contributed by atoms with Crippen LogP contribution in [-0.2, 0) is 26.1 Å². The van der Waals surface area contributed by atoms with Gasteiger partial charge in [0.2, 0.25) is 0 Å². The number of nitriles is 1. The molecule has 0 bridgehead atoms. The molecule has 35 heavy (non-hydrogen) atoms. The van der Waals surface area contributed by atoms with E-state index in [1.807, 2.05) is 24.3 Å². The highest BCUT2D eigenvalue weighted by Gasteiger charge is 2.72. The lowest BCUT2D eigenvalue weighted by Crippen LogP contribution is -2.33. The molecule has 1 saturated carbocycles. The van der Waals surface area contributed by atoms with Crippen molar-refractivity contribution in [2.45, 2.75) is 36.8 Å². The van der Waals surface area contributed by atoms with E-state index in [9.17, 15) is 14.9 Å². The lowest BCUT2D eigenvalue weighted by molar-refractivity contribution is -0.141. The zero-order valence-corrected chi connectivity index (χ0v) is 19.2. The number of cyclic esters (lactones) is 1.